The average molecular weight is 726 g/mol. The Kier molecular flexibility index (Phi) is 9.62. The van der Waals surface area contributed by atoms with Gasteiger partial charge in [-0.25, -0.2) is 4.98 Å². The molecule has 0 radical (unpaired) electrons. The van der Waals surface area contributed by atoms with Crippen molar-refractivity contribution in [2.75, 3.05) is 0 Å². The van der Waals surface area contributed by atoms with Crippen LogP contribution in [0, 0.1) is 0 Å². The molecule has 0 unspecified atom stereocenters. The van der Waals surface area contributed by atoms with Crippen LogP contribution >= 0.6 is 0 Å². The van der Waals surface area contributed by atoms with Crippen molar-refractivity contribution in [1.82, 2.24) is 14.5 Å². The number of hydrogen-bond acceptors (Lipinski definition) is 3. The molecule has 5 aromatic carbocycles. The van der Waals surface area contributed by atoms with Crippen LogP contribution in [0.1, 0.15) is 104 Å². The van der Waals surface area contributed by atoms with Gasteiger partial charge in [-0.05, 0) is 86.4 Å². The average Bonchev–Trinajstić information content (AvgIpc) is 3.53. The van der Waals surface area contributed by atoms with Crippen molar-refractivity contribution in [2.24, 2.45) is 0 Å². The van der Waals surface area contributed by atoms with Crippen LogP contribution in [0.15, 0.2) is 121 Å². The van der Waals surface area contributed by atoms with E-state index in [1.165, 1.54) is 11.1 Å². The number of pyridine rings is 1. The second-order valence-electron chi connectivity index (χ2n) is 18.4. The fraction of sp³-hybridized carbons (Fsp3) is 0.294. The van der Waals surface area contributed by atoms with Gasteiger partial charge in [-0.1, -0.05) is 155 Å². The molecule has 0 bridgehead atoms. The summed E-state index contributed by atoms with van der Waals surface area (Å²) in [6, 6.07) is 41.0. The van der Waals surface area contributed by atoms with Gasteiger partial charge in [0.25, 0.3) is 0 Å². The van der Waals surface area contributed by atoms with Gasteiger partial charge in [0.2, 0.25) is 0 Å². The van der Waals surface area contributed by atoms with E-state index in [0.29, 0.717) is 0 Å². The molecule has 0 aliphatic rings. The minimum atomic E-state index is -0.303. The molecule has 55 heavy (non-hydrogen) atoms. The molecule has 7 rings (SSSR count). The number of phenolic OH excluding ortho intramolecular Hbond substituents is 1. The molecule has 0 amide bonds. The van der Waals surface area contributed by atoms with Crippen LogP contribution in [0.3, 0.4) is 0 Å². The van der Waals surface area contributed by atoms with Crippen molar-refractivity contribution in [3.05, 3.63) is 144 Å². The second kappa shape index (κ2) is 14.0. The number of aromatic hydroxyl groups is 1. The van der Waals surface area contributed by atoms with E-state index in [9.17, 15) is 5.11 Å². The number of aromatic nitrogens is 3. The van der Waals surface area contributed by atoms with E-state index in [-0.39, 0.29) is 27.9 Å². The van der Waals surface area contributed by atoms with E-state index >= 15 is 0 Å². The van der Waals surface area contributed by atoms with Crippen LogP contribution in [-0.4, -0.2) is 19.6 Å². The number of fused-ring (bicyclic) bond motifs is 1. The monoisotopic (exact) mass is 725 g/mol. The third-order valence-electron chi connectivity index (χ3n) is 10.8. The first-order valence-corrected chi connectivity index (χ1v) is 19.6. The molecule has 0 saturated heterocycles. The Morgan fingerprint density at radius 1 is 0.564 bits per heavy atom. The highest BCUT2D eigenvalue weighted by atomic mass is 16.3. The standard InChI is InChI=1S/C51H55N3O/c1-32(2)38-21-17-23-40(33-19-13-12-14-20-33)46(38)54-44-25-18-22-39(34-27-35(43-24-15-16-26-52-43)29-36(28-34)49(3,4)5)45(44)53-48(54)41-30-37(50(6,7)8)31-42(47(41)55)51(9,10)11/h12-32,55H,1-11H3. The van der Waals surface area contributed by atoms with Gasteiger partial charge in [-0.3, -0.25) is 9.55 Å². The van der Waals surface area contributed by atoms with E-state index in [2.05, 4.69) is 184 Å². The van der Waals surface area contributed by atoms with Crippen molar-refractivity contribution in [3.63, 3.8) is 0 Å². The van der Waals surface area contributed by atoms with Gasteiger partial charge >= 0.3 is 0 Å². The molecule has 0 aliphatic carbocycles. The normalized spacial score (nSPS) is 12.5. The zero-order valence-electron chi connectivity index (χ0n) is 34.4. The molecule has 2 aromatic heterocycles. The van der Waals surface area contributed by atoms with Gasteiger partial charge in [0, 0.05) is 28.5 Å². The van der Waals surface area contributed by atoms with E-state index in [1.54, 1.807) is 0 Å². The lowest BCUT2D eigenvalue weighted by atomic mass is 9.79. The van der Waals surface area contributed by atoms with Crippen LogP contribution in [-0.2, 0) is 16.2 Å². The summed E-state index contributed by atoms with van der Waals surface area (Å²) in [7, 11) is 0. The number of hydrogen-bond donors (Lipinski definition) is 1. The lowest BCUT2D eigenvalue weighted by molar-refractivity contribution is 0.446. The lowest BCUT2D eigenvalue weighted by Crippen LogP contribution is -2.17. The maximum Gasteiger partial charge on any atom is 0.149 e. The summed E-state index contributed by atoms with van der Waals surface area (Å²) in [5.74, 6) is 1.21. The predicted octanol–water partition coefficient (Wildman–Crippen LogP) is 13.8. The Balaban J connectivity index is 1.65. The zero-order valence-corrected chi connectivity index (χ0v) is 34.4. The molecule has 2 heterocycles. The van der Waals surface area contributed by atoms with Gasteiger partial charge in [-0.15, -0.1) is 0 Å². The molecule has 4 heteroatoms. The minimum Gasteiger partial charge on any atom is -0.507 e. The first-order valence-electron chi connectivity index (χ1n) is 19.6. The Hall–Kier alpha value is -5.48. The molecule has 1 N–H and O–H groups in total. The summed E-state index contributed by atoms with van der Waals surface area (Å²) in [4.78, 5) is 10.4. The Bertz CT molecular complexity index is 2500. The molecule has 0 fully saturated rings. The molecule has 4 nitrogen and oxygen atoms in total. The summed E-state index contributed by atoms with van der Waals surface area (Å²) >= 11 is 0. The smallest absolute Gasteiger partial charge is 0.149 e. The van der Waals surface area contributed by atoms with Crippen molar-refractivity contribution in [3.8, 4) is 56.3 Å². The van der Waals surface area contributed by atoms with Crippen molar-refractivity contribution in [2.45, 2.75) is 98.3 Å². The third-order valence-corrected chi connectivity index (χ3v) is 10.8. The van der Waals surface area contributed by atoms with E-state index in [0.717, 1.165) is 72.7 Å². The maximum absolute atomic E-state index is 12.4. The number of phenols is 1. The van der Waals surface area contributed by atoms with E-state index in [1.807, 2.05) is 18.3 Å². The van der Waals surface area contributed by atoms with Gasteiger partial charge < -0.3 is 5.11 Å². The minimum absolute atomic E-state index is 0.0959. The number of nitrogens with zero attached hydrogens (tertiary/aromatic N) is 3. The van der Waals surface area contributed by atoms with Crippen LogP contribution in [0.2, 0.25) is 0 Å². The van der Waals surface area contributed by atoms with Crippen LogP contribution in [0.5, 0.6) is 5.75 Å². The van der Waals surface area contributed by atoms with Crippen LogP contribution < -0.4 is 0 Å². The van der Waals surface area contributed by atoms with E-state index < -0.39 is 0 Å². The summed E-state index contributed by atoms with van der Waals surface area (Å²) in [5.41, 5.74) is 14.0. The van der Waals surface area contributed by atoms with Crippen molar-refractivity contribution >= 4 is 11.0 Å². The number of imidazole rings is 1. The number of benzene rings is 5. The van der Waals surface area contributed by atoms with Crippen molar-refractivity contribution < 1.29 is 5.11 Å². The summed E-state index contributed by atoms with van der Waals surface area (Å²) < 4.78 is 2.33. The molecule has 0 spiro atoms. The molecule has 280 valence electrons. The first-order chi connectivity index (χ1) is 25.9. The molecule has 0 saturated carbocycles. The fourth-order valence-corrected chi connectivity index (χ4v) is 7.57. The molecular weight excluding hydrogens is 671 g/mol. The topological polar surface area (TPSA) is 50.9 Å². The van der Waals surface area contributed by atoms with Gasteiger partial charge in [-0.2, -0.15) is 0 Å². The lowest BCUT2D eigenvalue weighted by Gasteiger charge is -2.28. The largest absolute Gasteiger partial charge is 0.507 e. The Morgan fingerprint density at radius 2 is 1.20 bits per heavy atom. The van der Waals surface area contributed by atoms with Gasteiger partial charge in [0.05, 0.1) is 28.0 Å². The van der Waals surface area contributed by atoms with Crippen molar-refractivity contribution in [1.29, 1.82) is 0 Å². The highest BCUT2D eigenvalue weighted by molar-refractivity contribution is 5.98. The molecule has 0 atom stereocenters. The highest BCUT2D eigenvalue weighted by Gasteiger charge is 2.30. The summed E-state index contributed by atoms with van der Waals surface area (Å²) in [6.07, 6.45) is 1.86. The van der Waals surface area contributed by atoms with Crippen LogP contribution in [0.25, 0.3) is 61.6 Å². The second-order valence-corrected chi connectivity index (χ2v) is 18.4. The Morgan fingerprint density at radius 3 is 1.84 bits per heavy atom. The van der Waals surface area contributed by atoms with Crippen LogP contribution in [0.4, 0.5) is 0 Å². The highest BCUT2D eigenvalue weighted by Crippen LogP contribution is 2.46. The maximum atomic E-state index is 12.4. The zero-order chi connectivity index (χ0) is 39.4. The quantitative estimate of drug-likeness (QED) is 0.186. The molecule has 0 aliphatic heterocycles. The molecule has 7 aromatic rings. The predicted molar refractivity (Wildman–Crippen MR) is 232 cm³/mol. The fourth-order valence-electron chi connectivity index (χ4n) is 7.57. The Labute approximate surface area is 328 Å². The first kappa shape index (κ1) is 37.8. The van der Waals surface area contributed by atoms with E-state index in [4.69, 9.17) is 9.97 Å². The summed E-state index contributed by atoms with van der Waals surface area (Å²) in [6.45, 7) is 24.5. The number of para-hydroxylation sites is 2. The SMILES string of the molecule is CC(C)c1cccc(-c2ccccc2)c1-n1c(-c2cc(C(C)(C)C)cc(C(C)(C)C)c2O)nc2c(-c3cc(-c4ccccn4)cc(C(C)(C)C)c3)cccc21. The van der Waals surface area contributed by atoms with Gasteiger partial charge in [0.1, 0.15) is 11.6 Å². The molecular formula is C51H55N3O. The number of rotatable bonds is 6. The van der Waals surface area contributed by atoms with Gasteiger partial charge in [0.15, 0.2) is 0 Å². The summed E-state index contributed by atoms with van der Waals surface area (Å²) in [5, 5.41) is 12.4. The third kappa shape index (κ3) is 7.23.